The molecule has 250 valence electrons. The minimum absolute atomic E-state index is 0.185. The Morgan fingerprint density at radius 1 is 0.630 bits per heavy atom. The molecule has 0 aliphatic heterocycles. The van der Waals surface area contributed by atoms with Crippen LogP contribution < -0.4 is 26.7 Å². The molecule has 0 saturated heterocycles. The summed E-state index contributed by atoms with van der Waals surface area (Å²) in [6.45, 7) is 1.40. The molecule has 0 fully saturated rings. The van der Waals surface area contributed by atoms with Crippen LogP contribution in [0.15, 0.2) is 36.8 Å². The number of carbonyl (C=O) groups excluding carboxylic acids is 5. The fourth-order valence-electron chi connectivity index (χ4n) is 4.86. The maximum atomic E-state index is 13.1. The van der Waals surface area contributed by atoms with Gasteiger partial charge >= 0.3 is 0 Å². The van der Waals surface area contributed by atoms with Gasteiger partial charge in [-0.1, -0.05) is 12.8 Å². The molecule has 0 atom stereocenters. The number of aryl methyl sites for hydroxylation is 3. The van der Waals surface area contributed by atoms with Gasteiger partial charge in [0.05, 0.1) is 17.1 Å². The van der Waals surface area contributed by atoms with Gasteiger partial charge in [-0.25, -0.2) is 5.48 Å². The Balaban J connectivity index is 1.51. The minimum atomic E-state index is -0.424. The van der Waals surface area contributed by atoms with Gasteiger partial charge in [-0.05, 0) is 58.1 Å². The van der Waals surface area contributed by atoms with Crippen molar-refractivity contribution in [3.8, 4) is 0 Å². The lowest BCUT2D eigenvalue weighted by molar-refractivity contribution is -0.129. The molecule has 0 unspecified atom stereocenters. The van der Waals surface area contributed by atoms with Crippen LogP contribution in [0.3, 0.4) is 0 Å². The number of nitrogens with one attached hydrogen (secondary N) is 5. The molecule has 3 aromatic heterocycles. The van der Waals surface area contributed by atoms with Gasteiger partial charge < -0.3 is 39.9 Å². The summed E-state index contributed by atoms with van der Waals surface area (Å²) >= 11 is 0. The third kappa shape index (κ3) is 10.6. The van der Waals surface area contributed by atoms with E-state index >= 15 is 0 Å². The van der Waals surface area contributed by atoms with Gasteiger partial charge in [0, 0.05) is 59.1 Å². The molecular formula is C31H45N9O6. The average molecular weight is 640 g/mol. The highest BCUT2D eigenvalue weighted by atomic mass is 16.5. The number of anilines is 3. The second kappa shape index (κ2) is 17.0. The first-order chi connectivity index (χ1) is 21.9. The average Bonchev–Trinajstić information content (AvgIpc) is 3.67. The predicted molar refractivity (Wildman–Crippen MR) is 174 cm³/mol. The molecule has 0 radical (unpaired) electrons. The van der Waals surface area contributed by atoms with E-state index in [-0.39, 0.29) is 18.2 Å². The topological polar surface area (TPSA) is 184 Å². The largest absolute Gasteiger partial charge is 0.351 e. The van der Waals surface area contributed by atoms with Crippen LogP contribution in [-0.4, -0.2) is 80.5 Å². The second-order valence-corrected chi connectivity index (χ2v) is 11.5. The van der Waals surface area contributed by atoms with E-state index in [1.165, 1.54) is 0 Å². The van der Waals surface area contributed by atoms with E-state index in [1.807, 2.05) is 19.0 Å². The lowest BCUT2D eigenvalue weighted by atomic mass is 10.1. The quantitative estimate of drug-likeness (QED) is 0.0745. The summed E-state index contributed by atoms with van der Waals surface area (Å²) < 4.78 is 4.83. The van der Waals surface area contributed by atoms with Crippen LogP contribution in [0.25, 0.3) is 0 Å². The van der Waals surface area contributed by atoms with Crippen LogP contribution in [0.1, 0.15) is 76.4 Å². The molecule has 46 heavy (non-hydrogen) atoms. The minimum Gasteiger partial charge on any atom is -0.351 e. The van der Waals surface area contributed by atoms with Gasteiger partial charge in [-0.3, -0.25) is 29.2 Å². The number of rotatable bonds is 17. The Morgan fingerprint density at radius 2 is 1.07 bits per heavy atom. The molecule has 0 aliphatic rings. The van der Waals surface area contributed by atoms with E-state index in [0.717, 1.165) is 25.8 Å². The number of amides is 5. The summed E-state index contributed by atoms with van der Waals surface area (Å²) in [5.74, 6) is -1.67. The summed E-state index contributed by atoms with van der Waals surface area (Å²) in [5.41, 5.74) is 3.97. The van der Waals surface area contributed by atoms with E-state index in [4.69, 9.17) is 5.21 Å². The molecule has 0 aromatic carbocycles. The maximum absolute atomic E-state index is 13.1. The Labute approximate surface area is 268 Å². The second-order valence-electron chi connectivity index (χ2n) is 11.5. The van der Waals surface area contributed by atoms with E-state index in [1.54, 1.807) is 77.1 Å². The molecule has 3 aromatic rings. The number of aromatic nitrogens is 3. The van der Waals surface area contributed by atoms with Gasteiger partial charge in [-0.15, -0.1) is 0 Å². The highest BCUT2D eigenvalue weighted by Crippen LogP contribution is 2.20. The zero-order chi connectivity index (χ0) is 33.8. The van der Waals surface area contributed by atoms with E-state index in [9.17, 15) is 24.0 Å². The van der Waals surface area contributed by atoms with Crippen LogP contribution in [0.4, 0.5) is 17.1 Å². The summed E-state index contributed by atoms with van der Waals surface area (Å²) in [6, 6.07) is 4.73. The van der Waals surface area contributed by atoms with Gasteiger partial charge in [0.25, 0.3) is 17.7 Å². The van der Waals surface area contributed by atoms with Crippen molar-refractivity contribution in [1.29, 1.82) is 0 Å². The molecule has 6 N–H and O–H groups in total. The van der Waals surface area contributed by atoms with Crippen molar-refractivity contribution in [1.82, 2.24) is 29.4 Å². The fourth-order valence-corrected chi connectivity index (χ4v) is 4.86. The monoisotopic (exact) mass is 639 g/mol. The van der Waals surface area contributed by atoms with E-state index in [2.05, 4.69) is 21.3 Å². The molecule has 15 nitrogen and oxygen atoms in total. The van der Waals surface area contributed by atoms with E-state index < -0.39 is 17.7 Å². The standard InChI is InChI=1S/C31H45N9O6/c1-37(2)14-10-13-32-29(43)24-16-22(19-38(24)3)34-31(45)26-17-23(20-40(26)5)35-30(44)25-15-21(18-39(25)4)33-27(41)11-8-6-7-9-12-28(42)36-46/h15-20,46H,6-14H2,1-5H3,(H,32,43)(H,33,41)(H,34,45)(H,35,44)(H,36,42). The Morgan fingerprint density at radius 3 is 1.52 bits per heavy atom. The Kier molecular flexibility index (Phi) is 13.1. The zero-order valence-corrected chi connectivity index (χ0v) is 27.1. The first-order valence-corrected chi connectivity index (χ1v) is 15.2. The lowest BCUT2D eigenvalue weighted by Gasteiger charge is -2.10. The number of hydrogen-bond acceptors (Lipinski definition) is 7. The first kappa shape index (κ1) is 35.6. The fraction of sp³-hybridized carbons (Fsp3) is 0.452. The number of nitrogens with zero attached hydrogens (tertiary/aromatic N) is 4. The van der Waals surface area contributed by atoms with Gasteiger partial charge in [-0.2, -0.15) is 0 Å². The number of hydrogen-bond donors (Lipinski definition) is 6. The zero-order valence-electron chi connectivity index (χ0n) is 27.1. The predicted octanol–water partition coefficient (Wildman–Crippen LogP) is 2.67. The maximum Gasteiger partial charge on any atom is 0.272 e. The van der Waals surface area contributed by atoms with Crippen molar-refractivity contribution >= 4 is 46.6 Å². The molecule has 3 rings (SSSR count). The Bertz CT molecular complexity index is 1530. The third-order valence-electron chi connectivity index (χ3n) is 7.26. The van der Waals surface area contributed by atoms with Gasteiger partial charge in [0.15, 0.2) is 0 Å². The van der Waals surface area contributed by atoms with Crippen molar-refractivity contribution in [2.24, 2.45) is 21.1 Å². The number of hydroxylamine groups is 1. The SMILES string of the molecule is CN(C)CCCNC(=O)c1cc(NC(=O)c2cc(NC(=O)c3cc(NC(=O)CCCCCCC(=O)NO)cn3C)cn2C)cn1C. The number of carbonyl (C=O) groups is 5. The van der Waals surface area contributed by atoms with Crippen molar-refractivity contribution in [2.75, 3.05) is 43.1 Å². The lowest BCUT2D eigenvalue weighted by Crippen LogP contribution is -2.28. The smallest absolute Gasteiger partial charge is 0.272 e. The van der Waals surface area contributed by atoms with Crippen molar-refractivity contribution in [3.05, 3.63) is 53.9 Å². The first-order valence-electron chi connectivity index (χ1n) is 15.2. The van der Waals surface area contributed by atoms with Crippen molar-refractivity contribution in [2.45, 2.75) is 44.9 Å². The van der Waals surface area contributed by atoms with Crippen LogP contribution in [-0.2, 0) is 30.7 Å². The summed E-state index contributed by atoms with van der Waals surface area (Å²) in [4.78, 5) is 64.1. The summed E-state index contributed by atoms with van der Waals surface area (Å²) in [6.07, 6.45) is 9.09. The highest BCUT2D eigenvalue weighted by Gasteiger charge is 2.19. The molecule has 0 bridgehead atoms. The van der Waals surface area contributed by atoms with Crippen LogP contribution in [0, 0.1) is 0 Å². The number of unbranched alkanes of at least 4 members (excludes halogenated alkanes) is 3. The molecule has 0 saturated carbocycles. The Hall–Kier alpha value is -4.89. The normalized spacial score (nSPS) is 10.9. The van der Waals surface area contributed by atoms with Crippen LogP contribution in [0.2, 0.25) is 0 Å². The van der Waals surface area contributed by atoms with Gasteiger partial charge in [0.2, 0.25) is 11.8 Å². The van der Waals surface area contributed by atoms with Crippen molar-refractivity contribution < 1.29 is 29.2 Å². The molecule has 0 aliphatic carbocycles. The summed E-state index contributed by atoms with van der Waals surface area (Å²) in [7, 11) is 9.05. The van der Waals surface area contributed by atoms with E-state index in [0.29, 0.717) is 60.0 Å². The van der Waals surface area contributed by atoms with Crippen LogP contribution >= 0.6 is 0 Å². The highest BCUT2D eigenvalue weighted by molar-refractivity contribution is 6.07. The molecule has 3 heterocycles. The molecule has 0 spiro atoms. The molecular weight excluding hydrogens is 594 g/mol. The third-order valence-corrected chi connectivity index (χ3v) is 7.26. The molecule has 5 amide bonds. The molecule has 15 heteroatoms. The summed E-state index contributed by atoms with van der Waals surface area (Å²) in [5, 5.41) is 19.8. The van der Waals surface area contributed by atoms with Gasteiger partial charge in [0.1, 0.15) is 17.1 Å². The van der Waals surface area contributed by atoms with Crippen LogP contribution in [0.5, 0.6) is 0 Å². The van der Waals surface area contributed by atoms with Crippen molar-refractivity contribution in [3.63, 3.8) is 0 Å².